The molecule has 20 heteroatoms. The third-order valence-electron chi connectivity index (χ3n) is 14.0. The number of fused-ring (bicyclic) bond motifs is 5. The molecule has 1 aliphatic heterocycles. The molecule has 0 aromatic heterocycles. The van der Waals surface area contributed by atoms with Crippen molar-refractivity contribution >= 4 is 48.1 Å². The number of amides is 1. The number of aliphatic hydroxyl groups is 1. The van der Waals surface area contributed by atoms with Gasteiger partial charge in [0.1, 0.15) is 52.9 Å². The summed E-state index contributed by atoms with van der Waals surface area (Å²) in [6, 6.07) is 14.3. The van der Waals surface area contributed by atoms with Crippen LogP contribution in [0.25, 0.3) is 0 Å². The van der Waals surface area contributed by atoms with Crippen LogP contribution >= 0.6 is 0 Å². The molecule has 4 aliphatic rings. The number of nitrogens with one attached hydrogen (secondary N) is 1. The maximum absolute atomic E-state index is 16.5. The fraction of sp³-hybridized carbons (Fsp3) is 0.600. The van der Waals surface area contributed by atoms with Crippen molar-refractivity contribution in [3.63, 3.8) is 0 Å². The Kier molecular flexibility index (Phi) is 16.1. The van der Waals surface area contributed by atoms with Crippen LogP contribution in [0.4, 0.5) is 14.4 Å². The Morgan fingerprint density at radius 3 is 1.79 bits per heavy atom. The fourth-order valence-electron chi connectivity index (χ4n) is 10.8. The summed E-state index contributed by atoms with van der Waals surface area (Å²) < 4.78 is 59.9. The molecule has 1 saturated heterocycles. The van der Waals surface area contributed by atoms with Crippen LogP contribution in [0.15, 0.2) is 71.8 Å². The Labute approximate surface area is 436 Å². The van der Waals surface area contributed by atoms with Crippen molar-refractivity contribution in [1.29, 1.82) is 0 Å². The van der Waals surface area contributed by atoms with Gasteiger partial charge in [0.15, 0.2) is 17.5 Å². The van der Waals surface area contributed by atoms with Gasteiger partial charge in [-0.05, 0) is 105 Å². The molecule has 11 atom stereocenters. The molecule has 3 aliphatic carbocycles. The second kappa shape index (κ2) is 20.9. The van der Waals surface area contributed by atoms with Gasteiger partial charge in [-0.25, -0.2) is 24.0 Å². The van der Waals surface area contributed by atoms with Gasteiger partial charge in [-0.15, -0.1) is 0 Å². The lowest BCUT2D eigenvalue weighted by atomic mass is 9.44. The average molecular weight is 1050 g/mol. The lowest BCUT2D eigenvalue weighted by Crippen LogP contribution is -2.82. The van der Waals surface area contributed by atoms with Gasteiger partial charge < -0.3 is 57.8 Å². The normalized spacial score (nSPS) is 28.8. The zero-order chi connectivity index (χ0) is 56.0. The predicted octanol–water partition coefficient (Wildman–Crippen LogP) is 7.75. The Morgan fingerprint density at radius 1 is 0.733 bits per heavy atom. The molecular formula is C55H71NO19. The van der Waals surface area contributed by atoms with Gasteiger partial charge in [0, 0.05) is 32.1 Å². The summed E-state index contributed by atoms with van der Waals surface area (Å²) in [6.07, 6.45) is -15.0. The number of ether oxygens (including phenoxy) is 10. The Hall–Kier alpha value is -6.54. The number of benzene rings is 2. The van der Waals surface area contributed by atoms with E-state index in [-0.39, 0.29) is 28.7 Å². The number of ketones is 1. The Balaban J connectivity index is 1.65. The first-order valence-corrected chi connectivity index (χ1v) is 24.8. The highest BCUT2D eigenvalue weighted by atomic mass is 16.7. The number of rotatable bonds is 11. The minimum absolute atomic E-state index is 0.000149. The highest BCUT2D eigenvalue weighted by Crippen LogP contribution is 2.65. The van der Waals surface area contributed by atoms with Crippen molar-refractivity contribution < 1.29 is 90.8 Å². The van der Waals surface area contributed by atoms with Crippen LogP contribution in [0.2, 0.25) is 0 Å². The predicted molar refractivity (Wildman–Crippen MR) is 263 cm³/mol. The van der Waals surface area contributed by atoms with Crippen LogP contribution < -0.4 is 5.32 Å². The number of esters is 4. The van der Waals surface area contributed by atoms with Crippen LogP contribution in [0.3, 0.4) is 0 Å². The summed E-state index contributed by atoms with van der Waals surface area (Å²) in [5.74, 6) is -6.82. The summed E-state index contributed by atoms with van der Waals surface area (Å²) in [4.78, 5) is 114. The maximum Gasteiger partial charge on any atom is 0.509 e. The fourth-order valence-corrected chi connectivity index (χ4v) is 10.8. The molecule has 1 amide bonds. The summed E-state index contributed by atoms with van der Waals surface area (Å²) >= 11 is 0. The van der Waals surface area contributed by atoms with Crippen molar-refractivity contribution in [2.24, 2.45) is 16.7 Å². The van der Waals surface area contributed by atoms with Gasteiger partial charge in [0.05, 0.1) is 23.5 Å². The molecule has 2 aromatic carbocycles. The molecule has 0 spiro atoms. The van der Waals surface area contributed by atoms with Crippen LogP contribution in [0.1, 0.15) is 139 Å². The van der Waals surface area contributed by atoms with Crippen molar-refractivity contribution in [3.8, 4) is 0 Å². The topological polar surface area (TPSA) is 261 Å². The smallest absolute Gasteiger partial charge is 0.455 e. The van der Waals surface area contributed by atoms with Crippen molar-refractivity contribution in [1.82, 2.24) is 5.32 Å². The highest BCUT2D eigenvalue weighted by molar-refractivity contribution is 5.96. The number of hydrogen-bond acceptors (Lipinski definition) is 19. The van der Waals surface area contributed by atoms with E-state index in [1.807, 2.05) is 0 Å². The molecule has 6 rings (SSSR count). The molecule has 75 heavy (non-hydrogen) atoms. The lowest BCUT2D eigenvalue weighted by Gasteiger charge is -2.67. The SMILES string of the molecule is CC(=O)O[C@@H](C(=O)O[C@H]1C[C@@]2(O)[C@@H](OC(=O)c3ccccc3)[C@@H]3[C@]4(OC(C)=O)CO[C@@H]4C[C@H](OC(=O)OC(C)(C)C)[C@@]3(C)C(=O)[C@H](OC(=O)OC(C)(C)C)C(=C1C)C2(C)C)[C@@H](NC(=O)OC(C)(C)C)c1ccccc1. The summed E-state index contributed by atoms with van der Waals surface area (Å²) in [5, 5.41) is 16.8. The van der Waals surface area contributed by atoms with E-state index in [4.69, 9.17) is 47.4 Å². The molecule has 3 fully saturated rings. The van der Waals surface area contributed by atoms with Gasteiger partial charge in [-0.2, -0.15) is 0 Å². The van der Waals surface area contributed by atoms with E-state index >= 15 is 9.59 Å². The summed E-state index contributed by atoms with van der Waals surface area (Å²) in [6.45, 7) is 21.9. The van der Waals surface area contributed by atoms with E-state index in [9.17, 15) is 33.9 Å². The molecule has 20 nitrogen and oxygen atoms in total. The first-order chi connectivity index (χ1) is 34.5. The minimum atomic E-state index is -2.58. The first-order valence-electron chi connectivity index (χ1n) is 24.8. The quantitative estimate of drug-likeness (QED) is 0.124. The highest BCUT2D eigenvalue weighted by Gasteiger charge is 2.79. The summed E-state index contributed by atoms with van der Waals surface area (Å²) in [7, 11) is 0. The standard InChI is InChI=1S/C55H71NO19/c1-29-34(68-45(61)40(67-30(2)57)38(32-22-18-16-19-23-32)56-46(62)73-49(4,5)6)27-55(65)43(71-44(60)33-24-20-17-21-25-33)41-53(15,42(59)39(37(29)52(55,13)14)70-48(64)75-51(10,11)12)35(69-47(63)74-50(7,8)9)26-36-54(41,28-66-36)72-31(3)58/h16-25,34-36,38-41,43,65H,26-28H2,1-15H3,(H,56,62)/t34-,35-,36+,38-,39+,40+,41-,43-,53+,54-,55+/m0/s1. The van der Waals surface area contributed by atoms with E-state index in [2.05, 4.69) is 5.32 Å². The minimum Gasteiger partial charge on any atom is -0.455 e. The third kappa shape index (κ3) is 12.0. The van der Waals surface area contributed by atoms with Crippen molar-refractivity contribution in [2.45, 2.75) is 187 Å². The molecule has 410 valence electrons. The Morgan fingerprint density at radius 2 is 1.28 bits per heavy atom. The van der Waals surface area contributed by atoms with Gasteiger partial charge in [-0.1, -0.05) is 62.4 Å². The second-order valence-electron chi connectivity index (χ2n) is 23.3. The maximum atomic E-state index is 16.5. The number of carbonyl (C=O) groups is 8. The Bertz CT molecular complexity index is 2570. The monoisotopic (exact) mass is 1050 g/mol. The molecule has 2 bridgehead atoms. The van der Waals surface area contributed by atoms with Gasteiger partial charge in [-0.3, -0.25) is 14.4 Å². The van der Waals surface area contributed by atoms with E-state index in [1.54, 1.807) is 111 Å². The molecule has 1 heterocycles. The van der Waals surface area contributed by atoms with E-state index in [0.717, 1.165) is 13.8 Å². The van der Waals surface area contributed by atoms with Gasteiger partial charge >= 0.3 is 42.3 Å². The average Bonchev–Trinajstić information content (AvgIpc) is 3.26. The van der Waals surface area contributed by atoms with E-state index in [0.29, 0.717) is 0 Å². The zero-order valence-electron chi connectivity index (χ0n) is 45.3. The zero-order valence-corrected chi connectivity index (χ0v) is 45.3. The van der Waals surface area contributed by atoms with Gasteiger partial charge in [0.2, 0.25) is 6.10 Å². The summed E-state index contributed by atoms with van der Waals surface area (Å²) in [5.41, 5.74) is -11.8. The largest absolute Gasteiger partial charge is 0.509 e. The molecule has 0 radical (unpaired) electrons. The molecule has 2 aromatic rings. The third-order valence-corrected chi connectivity index (χ3v) is 14.0. The van der Waals surface area contributed by atoms with Crippen LogP contribution in [-0.2, 0) is 66.5 Å². The van der Waals surface area contributed by atoms with Crippen molar-refractivity contribution in [2.75, 3.05) is 6.61 Å². The number of alkyl carbamates (subject to hydrolysis) is 1. The number of Topliss-reactive ketones (excluding diaryl/α,β-unsaturated/α-hetero) is 1. The lowest BCUT2D eigenvalue weighted by molar-refractivity contribution is -0.346. The van der Waals surface area contributed by atoms with Crippen LogP contribution in [0.5, 0.6) is 0 Å². The van der Waals surface area contributed by atoms with Crippen LogP contribution in [0, 0.1) is 16.7 Å². The van der Waals surface area contributed by atoms with E-state index < -0.39 is 149 Å². The van der Waals surface area contributed by atoms with Crippen LogP contribution in [-0.4, -0.2) is 124 Å². The number of carbonyl (C=O) groups excluding carboxylic acids is 8. The molecule has 2 N–H and O–H groups in total. The second-order valence-corrected chi connectivity index (χ2v) is 23.3. The molecular weight excluding hydrogens is 979 g/mol. The molecule has 0 unspecified atom stereocenters. The molecule has 2 saturated carbocycles. The first kappa shape index (κ1) is 57.7. The van der Waals surface area contributed by atoms with Gasteiger partial charge in [0.25, 0.3) is 0 Å². The number of hydrogen-bond donors (Lipinski definition) is 2. The van der Waals surface area contributed by atoms with Crippen molar-refractivity contribution in [3.05, 3.63) is 82.9 Å². The van der Waals surface area contributed by atoms with E-state index in [1.165, 1.54) is 39.8 Å².